The molecular weight excluding hydrogens is 289 g/mol. The van der Waals surface area contributed by atoms with Crippen molar-refractivity contribution in [2.24, 2.45) is 0 Å². The lowest BCUT2D eigenvalue weighted by Crippen LogP contribution is -2.17. The molecule has 1 heterocycles. The summed E-state index contributed by atoms with van der Waals surface area (Å²) in [7, 11) is 0. The molecule has 0 saturated heterocycles. The van der Waals surface area contributed by atoms with E-state index < -0.39 is 12.7 Å². The number of hydrogen-bond donors (Lipinski definition) is 0. The molecule has 0 radical (unpaired) electrons. The highest BCUT2D eigenvalue weighted by Gasteiger charge is 2.28. The van der Waals surface area contributed by atoms with E-state index in [1.807, 2.05) is 43.3 Å². The van der Waals surface area contributed by atoms with Crippen LogP contribution in [0.15, 0.2) is 48.7 Å². The van der Waals surface area contributed by atoms with E-state index in [4.69, 9.17) is 0 Å². The van der Waals surface area contributed by atoms with E-state index in [1.54, 1.807) is 6.07 Å². The van der Waals surface area contributed by atoms with Gasteiger partial charge in [-0.1, -0.05) is 48.0 Å². The predicted molar refractivity (Wildman–Crippen MR) is 79.8 cm³/mol. The molecule has 3 rings (SSSR count). The van der Waals surface area contributed by atoms with Crippen LogP contribution >= 0.6 is 0 Å². The van der Waals surface area contributed by atoms with Gasteiger partial charge in [-0.3, -0.25) is 4.68 Å². The molecule has 2 nitrogen and oxygen atoms in total. The Morgan fingerprint density at radius 2 is 1.77 bits per heavy atom. The maximum atomic E-state index is 12.5. The Bertz CT molecular complexity index is 786. The summed E-state index contributed by atoms with van der Waals surface area (Å²) in [6.07, 6.45) is -2.17. The molecule has 0 bridgehead atoms. The summed E-state index contributed by atoms with van der Waals surface area (Å²) in [6.45, 7) is 0.953. The van der Waals surface area contributed by atoms with E-state index in [-0.39, 0.29) is 0 Å². The molecular formula is C17H15F3N2. The summed E-state index contributed by atoms with van der Waals surface area (Å²) < 4.78 is 38.4. The minimum Gasteiger partial charge on any atom is -0.262 e. The van der Waals surface area contributed by atoms with Crippen LogP contribution in [0.2, 0.25) is 0 Å². The molecule has 0 aliphatic heterocycles. The molecule has 0 spiro atoms. The van der Waals surface area contributed by atoms with Gasteiger partial charge in [-0.05, 0) is 24.5 Å². The lowest BCUT2D eigenvalue weighted by molar-refractivity contribution is -0.142. The zero-order valence-corrected chi connectivity index (χ0v) is 12.1. The summed E-state index contributed by atoms with van der Waals surface area (Å²) in [6, 6.07) is 13.7. The van der Waals surface area contributed by atoms with Gasteiger partial charge < -0.3 is 0 Å². The fourth-order valence-electron chi connectivity index (χ4n) is 2.49. The first-order valence-corrected chi connectivity index (χ1v) is 6.98. The lowest BCUT2D eigenvalue weighted by Gasteiger charge is -2.05. The number of halogens is 3. The number of alkyl halides is 3. The fourth-order valence-corrected chi connectivity index (χ4v) is 2.49. The Hall–Kier alpha value is -2.30. The molecule has 0 N–H and O–H groups in total. The third-order valence-corrected chi connectivity index (χ3v) is 3.52. The van der Waals surface area contributed by atoms with Crippen LogP contribution in [0.5, 0.6) is 0 Å². The van der Waals surface area contributed by atoms with E-state index in [0.717, 1.165) is 21.2 Å². The monoisotopic (exact) mass is 304 g/mol. The highest BCUT2D eigenvalue weighted by Crippen LogP contribution is 2.23. The standard InChI is InChI=1S/C17H15F3N2/c1-12-5-7-13(8-6-12)9-14-3-2-4-15-10-22(21-16(14)15)11-17(18,19)20/h2-8,10H,9,11H2,1H3. The Morgan fingerprint density at radius 1 is 1.05 bits per heavy atom. The Kier molecular flexibility index (Phi) is 3.64. The SMILES string of the molecule is Cc1ccc(Cc2cccc3cn(CC(F)(F)F)nc23)cc1. The second kappa shape index (κ2) is 5.48. The van der Waals surface area contributed by atoms with Crippen LogP contribution in [0, 0.1) is 6.92 Å². The van der Waals surface area contributed by atoms with Gasteiger partial charge in [0.25, 0.3) is 0 Å². The Balaban J connectivity index is 1.94. The molecule has 0 fully saturated rings. The van der Waals surface area contributed by atoms with E-state index in [1.165, 1.54) is 11.8 Å². The summed E-state index contributed by atoms with van der Waals surface area (Å²) >= 11 is 0. The van der Waals surface area contributed by atoms with Crippen molar-refractivity contribution in [2.45, 2.75) is 26.1 Å². The average molecular weight is 304 g/mol. The van der Waals surface area contributed by atoms with Crippen molar-refractivity contribution in [3.05, 3.63) is 65.4 Å². The largest absolute Gasteiger partial charge is 0.408 e. The number of rotatable bonds is 3. The minimum absolute atomic E-state index is 0.632. The van der Waals surface area contributed by atoms with Crippen molar-refractivity contribution in [1.82, 2.24) is 9.78 Å². The van der Waals surface area contributed by atoms with E-state index in [2.05, 4.69) is 5.10 Å². The first-order valence-electron chi connectivity index (χ1n) is 6.98. The van der Waals surface area contributed by atoms with Gasteiger partial charge in [-0.15, -0.1) is 0 Å². The van der Waals surface area contributed by atoms with Crippen molar-refractivity contribution in [2.75, 3.05) is 0 Å². The molecule has 0 atom stereocenters. The molecule has 114 valence electrons. The van der Waals surface area contributed by atoms with Gasteiger partial charge in [0.15, 0.2) is 0 Å². The summed E-state index contributed by atoms with van der Waals surface area (Å²) in [5.74, 6) is 0. The minimum atomic E-state index is -4.26. The molecule has 0 aliphatic carbocycles. The third-order valence-electron chi connectivity index (χ3n) is 3.52. The zero-order chi connectivity index (χ0) is 15.7. The van der Waals surface area contributed by atoms with Gasteiger partial charge in [0.1, 0.15) is 6.54 Å². The highest BCUT2D eigenvalue weighted by atomic mass is 19.4. The normalized spacial score (nSPS) is 12.0. The quantitative estimate of drug-likeness (QED) is 0.696. The van der Waals surface area contributed by atoms with Gasteiger partial charge >= 0.3 is 6.18 Å². The lowest BCUT2D eigenvalue weighted by atomic mass is 10.0. The maximum absolute atomic E-state index is 12.5. The number of aromatic nitrogens is 2. The molecule has 0 amide bonds. The number of aryl methyl sites for hydroxylation is 1. The second-order valence-corrected chi connectivity index (χ2v) is 5.46. The van der Waals surface area contributed by atoms with Crippen molar-refractivity contribution in [3.8, 4) is 0 Å². The van der Waals surface area contributed by atoms with Crippen molar-refractivity contribution < 1.29 is 13.2 Å². The van der Waals surface area contributed by atoms with E-state index in [9.17, 15) is 13.2 Å². The average Bonchev–Trinajstić information content (AvgIpc) is 2.82. The Labute approximate surface area is 126 Å². The van der Waals surface area contributed by atoms with Crippen LogP contribution in [0.25, 0.3) is 10.9 Å². The Morgan fingerprint density at radius 3 is 2.45 bits per heavy atom. The molecule has 0 saturated carbocycles. The van der Waals surface area contributed by atoms with Crippen molar-refractivity contribution in [1.29, 1.82) is 0 Å². The summed E-state index contributed by atoms with van der Waals surface area (Å²) in [4.78, 5) is 0. The van der Waals surface area contributed by atoms with Gasteiger partial charge in [0, 0.05) is 11.6 Å². The van der Waals surface area contributed by atoms with Gasteiger partial charge in [0.05, 0.1) is 5.52 Å². The number of hydrogen-bond acceptors (Lipinski definition) is 1. The fraction of sp³-hybridized carbons (Fsp3) is 0.235. The van der Waals surface area contributed by atoms with Crippen molar-refractivity contribution >= 4 is 10.9 Å². The summed E-state index contributed by atoms with van der Waals surface area (Å²) in [5, 5.41) is 4.84. The predicted octanol–water partition coefficient (Wildman–Crippen LogP) is 4.50. The zero-order valence-electron chi connectivity index (χ0n) is 12.1. The first kappa shape index (κ1) is 14.6. The molecule has 22 heavy (non-hydrogen) atoms. The van der Waals surface area contributed by atoms with Crippen LogP contribution in [0.3, 0.4) is 0 Å². The van der Waals surface area contributed by atoms with Crippen LogP contribution < -0.4 is 0 Å². The van der Waals surface area contributed by atoms with Gasteiger partial charge in [-0.25, -0.2) is 0 Å². The topological polar surface area (TPSA) is 17.8 Å². The van der Waals surface area contributed by atoms with Gasteiger partial charge in [0.2, 0.25) is 0 Å². The molecule has 3 aromatic rings. The van der Waals surface area contributed by atoms with Crippen LogP contribution in [-0.4, -0.2) is 16.0 Å². The maximum Gasteiger partial charge on any atom is 0.408 e. The van der Waals surface area contributed by atoms with Crippen molar-refractivity contribution in [3.63, 3.8) is 0 Å². The van der Waals surface area contributed by atoms with Crippen LogP contribution in [0.4, 0.5) is 13.2 Å². The third kappa shape index (κ3) is 3.30. The van der Waals surface area contributed by atoms with E-state index >= 15 is 0 Å². The number of nitrogens with zero attached hydrogens (tertiary/aromatic N) is 2. The smallest absolute Gasteiger partial charge is 0.262 e. The first-order chi connectivity index (χ1) is 10.4. The molecule has 0 aliphatic rings. The van der Waals surface area contributed by atoms with E-state index in [0.29, 0.717) is 11.9 Å². The highest BCUT2D eigenvalue weighted by molar-refractivity contribution is 5.81. The molecule has 2 aromatic carbocycles. The molecule has 0 unspecified atom stereocenters. The molecule has 5 heteroatoms. The van der Waals surface area contributed by atoms with Crippen LogP contribution in [-0.2, 0) is 13.0 Å². The number of benzene rings is 2. The van der Waals surface area contributed by atoms with Crippen LogP contribution in [0.1, 0.15) is 16.7 Å². The second-order valence-electron chi connectivity index (χ2n) is 5.46. The number of fused-ring (bicyclic) bond motifs is 1. The van der Waals surface area contributed by atoms with Gasteiger partial charge in [-0.2, -0.15) is 18.3 Å². The molecule has 1 aromatic heterocycles. The summed E-state index contributed by atoms with van der Waals surface area (Å²) in [5.41, 5.74) is 3.86.